The number of primary amides is 1. The Morgan fingerprint density at radius 2 is 1.93 bits per heavy atom. The molecule has 0 saturated carbocycles. The number of anilines is 1. The molecule has 0 bridgehead atoms. The molecule has 0 radical (unpaired) electrons. The molecule has 0 aliphatic carbocycles. The highest BCUT2D eigenvalue weighted by atomic mass is 35.5. The zero-order chi connectivity index (χ0) is 20.5. The van der Waals surface area contributed by atoms with Gasteiger partial charge in [-0.1, -0.05) is 11.6 Å². The van der Waals surface area contributed by atoms with Gasteiger partial charge in [0.05, 0.1) is 27.3 Å². The SMILES string of the molecule is Cc1nn(C(C)C(=O)Nc2sc(C(N)=O)c(C)c2C(=O)OC(C)C)cc1Cl. The summed E-state index contributed by atoms with van der Waals surface area (Å²) in [7, 11) is 0. The van der Waals surface area contributed by atoms with E-state index in [1.165, 1.54) is 4.68 Å². The first-order valence-corrected chi connectivity index (χ1v) is 9.38. The molecule has 0 aliphatic heterocycles. The zero-order valence-electron chi connectivity index (χ0n) is 15.6. The third-order valence-electron chi connectivity index (χ3n) is 3.79. The van der Waals surface area contributed by atoms with Crippen molar-refractivity contribution in [3.8, 4) is 0 Å². The maximum atomic E-state index is 12.6. The second-order valence-corrected chi connectivity index (χ2v) is 7.71. The van der Waals surface area contributed by atoms with Crippen molar-refractivity contribution < 1.29 is 19.1 Å². The van der Waals surface area contributed by atoms with Gasteiger partial charge in [-0.3, -0.25) is 14.3 Å². The Hall–Kier alpha value is -2.39. The van der Waals surface area contributed by atoms with Crippen molar-refractivity contribution in [3.63, 3.8) is 0 Å². The number of amides is 2. The number of aromatic nitrogens is 2. The van der Waals surface area contributed by atoms with Crippen molar-refractivity contribution >= 4 is 45.7 Å². The van der Waals surface area contributed by atoms with Crippen LogP contribution in [0, 0.1) is 13.8 Å². The van der Waals surface area contributed by atoms with Crippen molar-refractivity contribution in [3.05, 3.63) is 32.9 Å². The molecule has 146 valence electrons. The Morgan fingerprint density at radius 1 is 1.30 bits per heavy atom. The van der Waals surface area contributed by atoms with Crippen LogP contribution in [0.1, 0.15) is 58.1 Å². The molecular formula is C17H21ClN4O4S. The summed E-state index contributed by atoms with van der Waals surface area (Å²) in [6.07, 6.45) is 1.19. The smallest absolute Gasteiger partial charge is 0.341 e. The molecule has 1 unspecified atom stereocenters. The third kappa shape index (κ3) is 4.48. The van der Waals surface area contributed by atoms with Gasteiger partial charge < -0.3 is 15.8 Å². The number of nitrogens with zero attached hydrogens (tertiary/aromatic N) is 2. The van der Waals surface area contributed by atoms with Crippen LogP contribution in [-0.4, -0.2) is 33.7 Å². The van der Waals surface area contributed by atoms with Gasteiger partial charge in [-0.15, -0.1) is 11.3 Å². The lowest BCUT2D eigenvalue weighted by Gasteiger charge is -2.13. The van der Waals surface area contributed by atoms with Crippen LogP contribution in [0.2, 0.25) is 5.02 Å². The molecule has 2 aromatic rings. The van der Waals surface area contributed by atoms with Crippen molar-refractivity contribution in [2.45, 2.75) is 46.8 Å². The number of ether oxygens (including phenoxy) is 1. The highest BCUT2D eigenvalue weighted by Crippen LogP contribution is 2.34. The maximum Gasteiger partial charge on any atom is 0.341 e. The lowest BCUT2D eigenvalue weighted by atomic mass is 10.1. The number of nitrogens with one attached hydrogen (secondary N) is 1. The molecule has 1 atom stereocenters. The lowest BCUT2D eigenvalue weighted by Crippen LogP contribution is -2.25. The predicted octanol–water partition coefficient (Wildman–Crippen LogP) is 3.08. The van der Waals surface area contributed by atoms with Gasteiger partial charge in [0.1, 0.15) is 11.0 Å². The van der Waals surface area contributed by atoms with Crippen LogP contribution >= 0.6 is 22.9 Å². The van der Waals surface area contributed by atoms with E-state index < -0.39 is 23.8 Å². The zero-order valence-corrected chi connectivity index (χ0v) is 17.2. The van der Waals surface area contributed by atoms with E-state index in [0.29, 0.717) is 16.3 Å². The van der Waals surface area contributed by atoms with Crippen molar-refractivity contribution in [1.82, 2.24) is 9.78 Å². The molecule has 2 rings (SSSR count). The first kappa shape index (κ1) is 20.9. The molecule has 0 spiro atoms. The fourth-order valence-corrected chi connectivity index (χ4v) is 3.54. The van der Waals surface area contributed by atoms with Crippen LogP contribution in [0.15, 0.2) is 6.20 Å². The molecule has 0 aliphatic rings. The quantitative estimate of drug-likeness (QED) is 0.707. The standard InChI is InChI=1S/C17H21ClN4O4S/c1-7(2)26-17(25)12-8(3)13(14(19)23)27-16(12)20-15(24)10(5)22-6-11(18)9(4)21-22/h6-7,10H,1-5H3,(H2,19,23)(H,20,24). The average molecular weight is 413 g/mol. The number of rotatable bonds is 6. The average Bonchev–Trinajstić information content (AvgIpc) is 3.06. The molecule has 2 amide bonds. The Balaban J connectivity index is 2.36. The van der Waals surface area contributed by atoms with E-state index in [9.17, 15) is 14.4 Å². The summed E-state index contributed by atoms with van der Waals surface area (Å²) >= 11 is 6.92. The summed E-state index contributed by atoms with van der Waals surface area (Å²) in [6.45, 7) is 8.37. The highest BCUT2D eigenvalue weighted by Gasteiger charge is 2.28. The minimum atomic E-state index is -0.690. The number of nitrogens with two attached hydrogens (primary N) is 1. The van der Waals surface area contributed by atoms with Crippen molar-refractivity contribution in [2.75, 3.05) is 5.32 Å². The van der Waals surface area contributed by atoms with Crippen LogP contribution in [0.3, 0.4) is 0 Å². The van der Waals surface area contributed by atoms with E-state index in [1.54, 1.807) is 40.8 Å². The molecule has 0 fully saturated rings. The van der Waals surface area contributed by atoms with Gasteiger partial charge in [0.15, 0.2) is 0 Å². The fourth-order valence-electron chi connectivity index (χ4n) is 2.35. The van der Waals surface area contributed by atoms with E-state index in [1.807, 2.05) is 0 Å². The molecule has 0 saturated heterocycles. The van der Waals surface area contributed by atoms with Crippen LogP contribution < -0.4 is 11.1 Å². The van der Waals surface area contributed by atoms with E-state index in [0.717, 1.165) is 11.3 Å². The lowest BCUT2D eigenvalue weighted by molar-refractivity contribution is -0.119. The summed E-state index contributed by atoms with van der Waals surface area (Å²) in [5, 5.41) is 7.51. The third-order valence-corrected chi connectivity index (χ3v) is 5.38. The van der Waals surface area contributed by atoms with Crippen LogP contribution in [0.5, 0.6) is 0 Å². The largest absolute Gasteiger partial charge is 0.459 e. The van der Waals surface area contributed by atoms with E-state index in [-0.39, 0.29) is 21.5 Å². The van der Waals surface area contributed by atoms with Gasteiger partial charge in [-0.25, -0.2) is 4.79 Å². The molecule has 10 heteroatoms. The Bertz CT molecular complexity index is 884. The molecule has 3 N–H and O–H groups in total. The summed E-state index contributed by atoms with van der Waals surface area (Å²) < 4.78 is 6.65. The highest BCUT2D eigenvalue weighted by molar-refractivity contribution is 7.18. The van der Waals surface area contributed by atoms with Gasteiger partial charge >= 0.3 is 5.97 Å². The normalized spacial score (nSPS) is 12.1. The number of carbonyl (C=O) groups is 3. The second-order valence-electron chi connectivity index (χ2n) is 6.29. The minimum absolute atomic E-state index is 0.123. The molecule has 27 heavy (non-hydrogen) atoms. The predicted molar refractivity (Wildman–Crippen MR) is 103 cm³/mol. The van der Waals surface area contributed by atoms with Crippen LogP contribution in [0.25, 0.3) is 0 Å². The van der Waals surface area contributed by atoms with Gasteiger partial charge in [0.2, 0.25) is 5.91 Å². The Labute approximate surface area is 165 Å². The van der Waals surface area contributed by atoms with Crippen LogP contribution in [0.4, 0.5) is 5.00 Å². The molecule has 2 aromatic heterocycles. The fraction of sp³-hybridized carbons (Fsp3) is 0.412. The topological polar surface area (TPSA) is 116 Å². The van der Waals surface area contributed by atoms with Crippen LogP contribution in [-0.2, 0) is 9.53 Å². The van der Waals surface area contributed by atoms with Gasteiger partial charge in [0.25, 0.3) is 5.91 Å². The number of thiophene rings is 1. The van der Waals surface area contributed by atoms with E-state index >= 15 is 0 Å². The molecule has 2 heterocycles. The Kier molecular flexibility index (Phi) is 6.27. The first-order valence-electron chi connectivity index (χ1n) is 8.19. The van der Waals surface area contributed by atoms with Gasteiger partial charge in [0, 0.05) is 6.20 Å². The number of halogens is 1. The summed E-state index contributed by atoms with van der Waals surface area (Å²) in [6, 6.07) is -0.690. The summed E-state index contributed by atoms with van der Waals surface area (Å²) in [5.41, 5.74) is 6.47. The van der Waals surface area contributed by atoms with E-state index in [4.69, 9.17) is 22.1 Å². The number of aryl methyl sites for hydroxylation is 1. The maximum absolute atomic E-state index is 12.6. The van der Waals surface area contributed by atoms with Gasteiger partial charge in [-0.2, -0.15) is 5.10 Å². The van der Waals surface area contributed by atoms with E-state index in [2.05, 4.69) is 10.4 Å². The number of hydrogen-bond acceptors (Lipinski definition) is 6. The van der Waals surface area contributed by atoms with Crippen molar-refractivity contribution in [1.29, 1.82) is 0 Å². The number of carbonyl (C=O) groups excluding carboxylic acids is 3. The molecule has 8 nitrogen and oxygen atoms in total. The Morgan fingerprint density at radius 3 is 2.41 bits per heavy atom. The summed E-state index contributed by atoms with van der Waals surface area (Å²) in [4.78, 5) is 36.9. The number of hydrogen-bond donors (Lipinski definition) is 2. The first-order chi connectivity index (χ1) is 12.5. The second kappa shape index (κ2) is 8.10. The molecular weight excluding hydrogens is 392 g/mol. The number of esters is 1. The van der Waals surface area contributed by atoms with Crippen molar-refractivity contribution in [2.24, 2.45) is 5.73 Å². The monoisotopic (exact) mass is 412 g/mol. The molecule has 0 aromatic carbocycles. The summed E-state index contributed by atoms with van der Waals surface area (Å²) in [5.74, 6) is -1.74. The van der Waals surface area contributed by atoms with Gasteiger partial charge in [-0.05, 0) is 40.2 Å². The minimum Gasteiger partial charge on any atom is -0.459 e.